The summed E-state index contributed by atoms with van der Waals surface area (Å²) < 4.78 is 0. The molecule has 1 aromatic heterocycles. The van der Waals surface area contributed by atoms with Gasteiger partial charge in [-0.2, -0.15) is 0 Å². The summed E-state index contributed by atoms with van der Waals surface area (Å²) in [5.74, 6) is 0.703. The summed E-state index contributed by atoms with van der Waals surface area (Å²) in [6, 6.07) is 17.2. The van der Waals surface area contributed by atoms with Crippen LogP contribution >= 0.6 is 0 Å². The van der Waals surface area contributed by atoms with Gasteiger partial charge in [-0.25, -0.2) is 4.98 Å². The molecule has 0 spiro atoms. The Balaban J connectivity index is 1.41. The fourth-order valence-electron chi connectivity index (χ4n) is 5.31. The van der Waals surface area contributed by atoms with Crippen molar-refractivity contribution < 1.29 is 14.7 Å². The normalized spacial score (nSPS) is 17.0. The average Bonchev–Trinajstić information content (AvgIpc) is 3.06. The fourth-order valence-corrected chi connectivity index (χ4v) is 5.31. The molecular weight excluding hydrogens is 454 g/mol. The van der Waals surface area contributed by atoms with Crippen LogP contribution in [0.15, 0.2) is 60.8 Å². The van der Waals surface area contributed by atoms with E-state index in [1.165, 1.54) is 0 Å². The lowest BCUT2D eigenvalue weighted by molar-refractivity contribution is 0.0615. The molecule has 8 nitrogen and oxygen atoms in total. The van der Waals surface area contributed by atoms with Gasteiger partial charge >= 0.3 is 0 Å². The molecule has 3 aliphatic rings. The topological polar surface area (TPSA) is 80.2 Å². The van der Waals surface area contributed by atoms with Crippen LogP contribution < -0.4 is 4.90 Å². The highest BCUT2D eigenvalue weighted by Crippen LogP contribution is 2.48. The molecule has 2 aromatic carbocycles. The minimum Gasteiger partial charge on any atom is -0.395 e. The van der Waals surface area contributed by atoms with Crippen molar-refractivity contribution in [2.75, 3.05) is 51.3 Å². The molecule has 6 rings (SSSR count). The molecule has 1 saturated heterocycles. The second-order valence-corrected chi connectivity index (χ2v) is 9.25. The van der Waals surface area contributed by atoms with Gasteiger partial charge in [-0.3, -0.25) is 19.4 Å². The fraction of sp³-hybridized carbons (Fsp3) is 0.250. The zero-order chi connectivity index (χ0) is 24.8. The van der Waals surface area contributed by atoms with Crippen LogP contribution in [0.25, 0.3) is 11.8 Å². The van der Waals surface area contributed by atoms with Crippen molar-refractivity contribution in [2.45, 2.75) is 0 Å². The number of aliphatic hydroxyl groups is 1. The molecule has 0 radical (unpaired) electrons. The highest BCUT2D eigenvalue weighted by molar-refractivity contribution is 6.16. The van der Waals surface area contributed by atoms with E-state index < -0.39 is 0 Å². The lowest BCUT2D eigenvalue weighted by Crippen LogP contribution is -2.49. The van der Waals surface area contributed by atoms with Crippen LogP contribution in [-0.2, 0) is 0 Å². The Kier molecular flexibility index (Phi) is 5.55. The van der Waals surface area contributed by atoms with E-state index in [0.29, 0.717) is 30.8 Å². The van der Waals surface area contributed by atoms with Crippen LogP contribution in [0.5, 0.6) is 0 Å². The van der Waals surface area contributed by atoms with Crippen molar-refractivity contribution in [3.63, 3.8) is 0 Å². The third kappa shape index (κ3) is 3.57. The van der Waals surface area contributed by atoms with Crippen molar-refractivity contribution in [2.24, 2.45) is 0 Å². The Morgan fingerprint density at radius 3 is 2.64 bits per heavy atom. The van der Waals surface area contributed by atoms with Gasteiger partial charge in [0.2, 0.25) is 0 Å². The van der Waals surface area contributed by atoms with Crippen molar-refractivity contribution >= 4 is 40.8 Å². The lowest BCUT2D eigenvalue weighted by Gasteiger charge is -2.34. The number of carbonyl (C=O) groups is 2. The van der Waals surface area contributed by atoms with Crippen LogP contribution in [0, 0.1) is 0 Å². The number of hydrogen-bond donors (Lipinski definition) is 1. The third-order valence-electron chi connectivity index (χ3n) is 7.18. The maximum absolute atomic E-state index is 13.4. The Labute approximate surface area is 209 Å². The minimum absolute atomic E-state index is 0.0106. The summed E-state index contributed by atoms with van der Waals surface area (Å²) >= 11 is 0. The molecule has 0 aliphatic carbocycles. The standard InChI is InChI=1S/C28H27N5O3/c1-30-24-18-19-6-4-10-29-26(19)33(23-9-3-8-22(25(23)24)28(30)36)21-7-2-5-20(17-21)27(35)32-13-11-31(12-14-32)15-16-34/h2-10,17-18,34H,11-16H2,1H3. The van der Waals surface area contributed by atoms with Gasteiger partial charge in [-0.1, -0.05) is 12.1 Å². The number of anilines is 3. The molecule has 0 saturated carbocycles. The summed E-state index contributed by atoms with van der Waals surface area (Å²) in [5.41, 5.74) is 5.55. The van der Waals surface area contributed by atoms with Crippen LogP contribution in [0.1, 0.15) is 31.8 Å². The number of aliphatic hydroxyl groups excluding tert-OH is 1. The number of pyridine rings is 1. The number of β-amino-alcohol motifs (C(OH)–C–C–N with tert-alkyl or cyclic N) is 1. The number of carbonyl (C=O) groups excluding carboxylic acids is 2. The van der Waals surface area contributed by atoms with Crippen LogP contribution in [0.2, 0.25) is 0 Å². The number of benzene rings is 2. The highest BCUT2D eigenvalue weighted by atomic mass is 16.3. The monoisotopic (exact) mass is 481 g/mol. The summed E-state index contributed by atoms with van der Waals surface area (Å²) in [7, 11) is 1.79. The number of nitrogens with zero attached hydrogens (tertiary/aromatic N) is 5. The van der Waals surface area contributed by atoms with E-state index in [-0.39, 0.29) is 18.4 Å². The molecule has 2 amide bonds. The summed E-state index contributed by atoms with van der Waals surface area (Å²) in [6.07, 6.45) is 3.77. The lowest BCUT2D eigenvalue weighted by atomic mass is 10.0. The first-order chi connectivity index (χ1) is 17.6. The number of piperazine rings is 1. The maximum Gasteiger partial charge on any atom is 0.258 e. The van der Waals surface area contributed by atoms with Gasteiger partial charge in [0, 0.05) is 68.3 Å². The molecule has 3 aliphatic heterocycles. The smallest absolute Gasteiger partial charge is 0.258 e. The maximum atomic E-state index is 13.4. The Hall–Kier alpha value is -4.01. The van der Waals surface area contributed by atoms with E-state index in [0.717, 1.165) is 47.1 Å². The Morgan fingerprint density at radius 1 is 1.03 bits per heavy atom. The van der Waals surface area contributed by atoms with Crippen molar-refractivity contribution in [1.82, 2.24) is 19.7 Å². The number of fused-ring (bicyclic) bond motifs is 1. The summed E-state index contributed by atoms with van der Waals surface area (Å²) in [4.78, 5) is 38.9. The van der Waals surface area contributed by atoms with E-state index in [1.54, 1.807) is 18.1 Å². The van der Waals surface area contributed by atoms with E-state index in [1.807, 2.05) is 70.5 Å². The molecule has 0 bridgehead atoms. The molecule has 0 unspecified atom stereocenters. The average molecular weight is 482 g/mol. The largest absolute Gasteiger partial charge is 0.395 e. The van der Waals surface area contributed by atoms with Gasteiger partial charge in [0.25, 0.3) is 11.8 Å². The molecule has 4 heterocycles. The molecule has 8 heteroatoms. The molecular formula is C28H27N5O3. The molecule has 0 atom stereocenters. The third-order valence-corrected chi connectivity index (χ3v) is 7.18. The number of rotatable bonds is 4. The van der Waals surface area contributed by atoms with Crippen LogP contribution in [0.4, 0.5) is 17.2 Å². The molecule has 3 aromatic rings. The van der Waals surface area contributed by atoms with Gasteiger partial charge in [0.1, 0.15) is 5.82 Å². The zero-order valence-corrected chi connectivity index (χ0v) is 20.1. The predicted molar refractivity (Wildman–Crippen MR) is 138 cm³/mol. The number of amides is 2. The van der Waals surface area contributed by atoms with Crippen molar-refractivity contribution in [1.29, 1.82) is 0 Å². The first kappa shape index (κ1) is 22.5. The molecule has 1 N–H and O–H groups in total. The quantitative estimate of drug-likeness (QED) is 0.617. The molecule has 1 fully saturated rings. The van der Waals surface area contributed by atoms with Crippen LogP contribution in [0.3, 0.4) is 0 Å². The Morgan fingerprint density at radius 2 is 1.83 bits per heavy atom. The van der Waals surface area contributed by atoms with Crippen LogP contribution in [-0.4, -0.2) is 83.0 Å². The molecule has 36 heavy (non-hydrogen) atoms. The first-order valence-electron chi connectivity index (χ1n) is 12.2. The number of aromatic nitrogens is 1. The van der Waals surface area contributed by atoms with Crippen molar-refractivity contribution in [3.8, 4) is 0 Å². The van der Waals surface area contributed by atoms with Gasteiger partial charge in [0.05, 0.1) is 23.6 Å². The van der Waals surface area contributed by atoms with Gasteiger partial charge in [-0.15, -0.1) is 0 Å². The summed E-state index contributed by atoms with van der Waals surface area (Å²) in [6.45, 7) is 3.52. The van der Waals surface area contributed by atoms with Gasteiger partial charge < -0.3 is 14.9 Å². The minimum atomic E-state index is -0.0327. The second kappa shape index (κ2) is 8.89. The second-order valence-electron chi connectivity index (χ2n) is 9.25. The first-order valence-corrected chi connectivity index (χ1v) is 12.2. The Bertz CT molecular complexity index is 1390. The van der Waals surface area contributed by atoms with Crippen molar-refractivity contribution in [3.05, 3.63) is 83.0 Å². The van der Waals surface area contributed by atoms with E-state index in [4.69, 9.17) is 4.98 Å². The van der Waals surface area contributed by atoms with Gasteiger partial charge in [0.15, 0.2) is 0 Å². The van der Waals surface area contributed by atoms with E-state index in [9.17, 15) is 14.7 Å². The number of hydrogen-bond acceptors (Lipinski definition) is 6. The van der Waals surface area contributed by atoms with E-state index in [2.05, 4.69) is 4.90 Å². The predicted octanol–water partition coefficient (Wildman–Crippen LogP) is 3.20. The molecule has 182 valence electrons. The highest BCUT2D eigenvalue weighted by Gasteiger charge is 2.36. The SMILES string of the molecule is CN1C(=O)c2cccc3c2C1=Cc1cccnc1N3c1cccc(C(=O)N2CCN(CCO)CC2)c1. The summed E-state index contributed by atoms with van der Waals surface area (Å²) in [5, 5.41) is 9.19. The van der Waals surface area contributed by atoms with Gasteiger partial charge in [-0.05, 0) is 48.5 Å². The van der Waals surface area contributed by atoms with E-state index >= 15 is 0 Å². The zero-order valence-electron chi connectivity index (χ0n) is 20.1.